The van der Waals surface area contributed by atoms with Gasteiger partial charge in [0, 0.05) is 23.9 Å². The number of carbonyl (C=O) groups excluding carboxylic acids is 1. The molecule has 0 saturated heterocycles. The fourth-order valence-corrected chi connectivity index (χ4v) is 5.18. The van der Waals surface area contributed by atoms with Crippen LogP contribution >= 0.6 is 11.3 Å². The first-order valence-electron chi connectivity index (χ1n) is 11.7. The van der Waals surface area contributed by atoms with Crippen LogP contribution in [0.1, 0.15) is 22.8 Å². The van der Waals surface area contributed by atoms with Gasteiger partial charge in [-0.05, 0) is 73.5 Å². The number of fused-ring (bicyclic) bond motifs is 3. The van der Waals surface area contributed by atoms with Crippen molar-refractivity contribution in [2.45, 2.75) is 13.3 Å². The molecule has 0 aliphatic carbocycles. The molecule has 8 heteroatoms. The lowest BCUT2D eigenvalue weighted by molar-refractivity contribution is 0.0954. The van der Waals surface area contributed by atoms with Gasteiger partial charge >= 0.3 is 0 Å². The quantitative estimate of drug-likeness (QED) is 0.284. The Hall–Kier alpha value is -4.04. The third-order valence-electron chi connectivity index (χ3n) is 5.96. The van der Waals surface area contributed by atoms with Crippen molar-refractivity contribution in [2.75, 3.05) is 27.4 Å². The van der Waals surface area contributed by atoms with Gasteiger partial charge in [0.15, 0.2) is 16.5 Å². The van der Waals surface area contributed by atoms with Crippen LogP contribution in [-0.2, 0) is 6.42 Å². The van der Waals surface area contributed by atoms with Crippen LogP contribution in [0.3, 0.4) is 0 Å². The second-order valence-corrected chi connectivity index (χ2v) is 9.23. The number of rotatable bonds is 9. The van der Waals surface area contributed by atoms with Gasteiger partial charge in [-0.3, -0.25) is 9.20 Å². The Morgan fingerprint density at radius 3 is 2.56 bits per heavy atom. The number of methoxy groups -OCH3 is 2. The number of aromatic nitrogens is 2. The van der Waals surface area contributed by atoms with E-state index in [1.165, 1.54) is 0 Å². The number of imidazole rings is 1. The Balaban J connectivity index is 1.27. The largest absolute Gasteiger partial charge is 0.494 e. The molecule has 5 rings (SSSR count). The number of benzene rings is 3. The number of hydrogen-bond acceptors (Lipinski definition) is 6. The minimum atomic E-state index is -0.0986. The minimum absolute atomic E-state index is 0.0986. The monoisotopic (exact) mass is 501 g/mol. The molecule has 36 heavy (non-hydrogen) atoms. The van der Waals surface area contributed by atoms with Gasteiger partial charge in [-0.2, -0.15) is 0 Å². The van der Waals surface area contributed by atoms with Crippen LogP contribution < -0.4 is 19.5 Å². The lowest BCUT2D eigenvalue weighted by Gasteiger charge is -2.10. The Bertz CT molecular complexity index is 1520. The fourth-order valence-electron chi connectivity index (χ4n) is 4.13. The second kappa shape index (κ2) is 10.3. The van der Waals surface area contributed by atoms with Crippen LogP contribution in [0.4, 0.5) is 0 Å². The number of nitrogens with zero attached hydrogens (tertiary/aromatic N) is 2. The Labute approximate surface area is 213 Å². The molecule has 0 aliphatic heterocycles. The molecule has 3 aromatic carbocycles. The molecule has 2 aromatic heterocycles. The first-order valence-corrected chi connectivity index (χ1v) is 12.5. The zero-order chi connectivity index (χ0) is 25.1. The molecule has 0 atom stereocenters. The van der Waals surface area contributed by atoms with E-state index in [2.05, 4.69) is 9.72 Å². The van der Waals surface area contributed by atoms with E-state index in [-0.39, 0.29) is 5.91 Å². The number of thiazole rings is 1. The highest BCUT2D eigenvalue weighted by Crippen LogP contribution is 2.31. The SMILES string of the molecule is CCOc1ccc(-c2cn3c(n2)sc2cc(C(=O)NCCc4ccc(OC)c(OC)c4)ccc23)cc1. The van der Waals surface area contributed by atoms with E-state index in [4.69, 9.17) is 19.2 Å². The van der Waals surface area contributed by atoms with E-state index in [0.717, 1.165) is 37.7 Å². The molecule has 0 fully saturated rings. The molecule has 1 N–H and O–H groups in total. The van der Waals surface area contributed by atoms with Crippen LogP contribution in [0.2, 0.25) is 0 Å². The third kappa shape index (κ3) is 4.72. The standard InChI is InChI=1S/C28H27N3O4S/c1-4-35-21-9-6-19(7-10-21)22-17-31-23-11-8-20(16-26(23)36-28(31)30-22)27(32)29-14-13-18-5-12-24(33-2)25(15-18)34-3/h5-12,15-17H,4,13-14H2,1-3H3,(H,29,32). The van der Waals surface area contributed by atoms with E-state index >= 15 is 0 Å². The normalized spacial score (nSPS) is 11.1. The molecule has 184 valence electrons. The van der Waals surface area contributed by atoms with Crippen molar-refractivity contribution in [3.63, 3.8) is 0 Å². The van der Waals surface area contributed by atoms with Gasteiger partial charge in [0.1, 0.15) is 5.75 Å². The maximum absolute atomic E-state index is 12.8. The Kier molecular flexibility index (Phi) is 6.77. The summed E-state index contributed by atoms with van der Waals surface area (Å²) in [4.78, 5) is 18.5. The average molecular weight is 502 g/mol. The molecule has 0 bridgehead atoms. The lowest BCUT2D eigenvalue weighted by Crippen LogP contribution is -2.25. The van der Waals surface area contributed by atoms with E-state index in [1.54, 1.807) is 25.6 Å². The van der Waals surface area contributed by atoms with E-state index < -0.39 is 0 Å². The van der Waals surface area contributed by atoms with Crippen molar-refractivity contribution in [3.8, 4) is 28.5 Å². The molecule has 0 unspecified atom stereocenters. The van der Waals surface area contributed by atoms with Crippen molar-refractivity contribution in [2.24, 2.45) is 0 Å². The van der Waals surface area contributed by atoms with Gasteiger partial charge in [-0.1, -0.05) is 17.4 Å². The molecule has 0 spiro atoms. The lowest BCUT2D eigenvalue weighted by atomic mass is 10.1. The minimum Gasteiger partial charge on any atom is -0.494 e. The number of hydrogen-bond donors (Lipinski definition) is 1. The van der Waals surface area contributed by atoms with Crippen molar-refractivity contribution in [3.05, 3.63) is 78.0 Å². The molecule has 2 heterocycles. The van der Waals surface area contributed by atoms with Crippen LogP contribution in [0, 0.1) is 0 Å². The van der Waals surface area contributed by atoms with Crippen molar-refractivity contribution >= 4 is 32.4 Å². The van der Waals surface area contributed by atoms with Crippen LogP contribution in [0.5, 0.6) is 17.2 Å². The first-order chi connectivity index (χ1) is 17.6. The van der Waals surface area contributed by atoms with E-state index in [1.807, 2.05) is 73.8 Å². The summed E-state index contributed by atoms with van der Waals surface area (Å²) in [5, 5.41) is 3.01. The number of ether oxygens (including phenoxy) is 3. The molecular formula is C28H27N3O4S. The highest BCUT2D eigenvalue weighted by molar-refractivity contribution is 7.23. The smallest absolute Gasteiger partial charge is 0.251 e. The molecule has 0 aliphatic rings. The van der Waals surface area contributed by atoms with Crippen molar-refractivity contribution in [1.29, 1.82) is 0 Å². The van der Waals surface area contributed by atoms with E-state index in [9.17, 15) is 4.79 Å². The zero-order valence-corrected chi connectivity index (χ0v) is 21.2. The van der Waals surface area contributed by atoms with Crippen LogP contribution in [-0.4, -0.2) is 42.7 Å². The summed E-state index contributed by atoms with van der Waals surface area (Å²) in [7, 11) is 3.23. The highest BCUT2D eigenvalue weighted by atomic mass is 32.1. The van der Waals surface area contributed by atoms with Gasteiger partial charge in [0.25, 0.3) is 5.91 Å². The summed E-state index contributed by atoms with van der Waals surface area (Å²) >= 11 is 1.57. The second-order valence-electron chi connectivity index (χ2n) is 8.22. The van der Waals surface area contributed by atoms with E-state index in [0.29, 0.717) is 36.6 Å². The molecule has 1 amide bonds. The highest BCUT2D eigenvalue weighted by Gasteiger charge is 2.13. The van der Waals surface area contributed by atoms with Crippen LogP contribution in [0.25, 0.3) is 26.4 Å². The van der Waals surface area contributed by atoms with Crippen molar-refractivity contribution in [1.82, 2.24) is 14.7 Å². The maximum Gasteiger partial charge on any atom is 0.251 e. The number of nitrogens with one attached hydrogen (secondary N) is 1. The van der Waals surface area contributed by atoms with Gasteiger partial charge in [-0.25, -0.2) is 4.98 Å². The molecule has 0 radical (unpaired) electrons. The predicted molar refractivity (Wildman–Crippen MR) is 143 cm³/mol. The first kappa shape index (κ1) is 23.7. The number of amides is 1. The van der Waals surface area contributed by atoms with Crippen LogP contribution in [0.15, 0.2) is 66.9 Å². The zero-order valence-electron chi connectivity index (χ0n) is 20.4. The number of carbonyl (C=O) groups is 1. The Morgan fingerprint density at radius 2 is 1.81 bits per heavy atom. The molecule has 0 saturated carbocycles. The summed E-state index contributed by atoms with van der Waals surface area (Å²) < 4.78 is 19.3. The summed E-state index contributed by atoms with van der Waals surface area (Å²) in [6.07, 6.45) is 2.72. The summed E-state index contributed by atoms with van der Waals surface area (Å²) in [6.45, 7) is 3.13. The summed E-state index contributed by atoms with van der Waals surface area (Å²) in [6, 6.07) is 19.5. The topological polar surface area (TPSA) is 74.1 Å². The molecule has 7 nitrogen and oxygen atoms in total. The third-order valence-corrected chi connectivity index (χ3v) is 6.98. The fraction of sp³-hybridized carbons (Fsp3) is 0.214. The van der Waals surface area contributed by atoms with Crippen molar-refractivity contribution < 1.29 is 19.0 Å². The van der Waals surface area contributed by atoms with Gasteiger partial charge in [0.2, 0.25) is 0 Å². The van der Waals surface area contributed by atoms with Gasteiger partial charge < -0.3 is 19.5 Å². The average Bonchev–Trinajstić information content (AvgIpc) is 3.47. The molecule has 5 aromatic rings. The summed E-state index contributed by atoms with van der Waals surface area (Å²) in [5.41, 5.74) is 4.66. The van der Waals surface area contributed by atoms with Gasteiger partial charge in [0.05, 0.1) is 36.7 Å². The predicted octanol–water partition coefficient (Wildman–Crippen LogP) is 5.60. The maximum atomic E-state index is 12.8. The van der Waals surface area contributed by atoms with Gasteiger partial charge in [-0.15, -0.1) is 0 Å². The Morgan fingerprint density at radius 1 is 1.00 bits per heavy atom. The summed E-state index contributed by atoms with van der Waals surface area (Å²) in [5.74, 6) is 2.12. The molecular weight excluding hydrogens is 474 g/mol.